The van der Waals surface area contributed by atoms with Gasteiger partial charge >= 0.3 is 0 Å². The molecule has 11 heteroatoms. The summed E-state index contributed by atoms with van der Waals surface area (Å²) in [6.45, 7) is 1.41. The van der Waals surface area contributed by atoms with Crippen molar-refractivity contribution in [1.29, 1.82) is 0 Å². The van der Waals surface area contributed by atoms with E-state index in [0.717, 1.165) is 6.42 Å². The number of hydrogen-bond donors (Lipinski definition) is 2. The number of likely N-dealkylation sites (tertiary alicyclic amines) is 1. The number of aromatic nitrogens is 2. The second-order valence-corrected chi connectivity index (χ2v) is 10.9. The zero-order chi connectivity index (χ0) is 21.3. The first-order chi connectivity index (χ1) is 14.3. The van der Waals surface area contributed by atoms with Gasteiger partial charge < -0.3 is 15.5 Å². The number of benzene rings is 1. The third kappa shape index (κ3) is 4.96. The lowest BCUT2D eigenvalue weighted by molar-refractivity contribution is -0.128. The van der Waals surface area contributed by atoms with Crippen LogP contribution in [0.3, 0.4) is 0 Å². The number of carbonyl (C=O) groups is 1. The second-order valence-electron chi connectivity index (χ2n) is 7.78. The lowest BCUT2D eigenvalue weighted by Gasteiger charge is -2.26. The third-order valence-electron chi connectivity index (χ3n) is 5.65. The smallest absolute Gasteiger partial charge is 0.241 e. The van der Waals surface area contributed by atoms with Crippen LogP contribution in [0.5, 0.6) is 0 Å². The molecule has 2 aromatic rings. The van der Waals surface area contributed by atoms with Crippen LogP contribution in [0.25, 0.3) is 10.9 Å². The van der Waals surface area contributed by atoms with Gasteiger partial charge in [-0.3, -0.25) is 4.79 Å². The summed E-state index contributed by atoms with van der Waals surface area (Å²) in [6, 6.07) is 3.75. The molecule has 0 unspecified atom stereocenters. The molecule has 0 radical (unpaired) electrons. The number of carbonyl (C=O) groups excluding carboxylic acids is 1. The average molecular weight is 472 g/mol. The molecule has 1 aromatic carbocycles. The Morgan fingerprint density at radius 3 is 2.60 bits per heavy atom. The van der Waals surface area contributed by atoms with E-state index < -0.39 is 9.84 Å². The maximum atomic E-state index is 12.7. The van der Waals surface area contributed by atoms with Crippen LogP contribution in [0.1, 0.15) is 19.3 Å². The quantitative estimate of drug-likeness (QED) is 0.687. The average Bonchev–Trinajstić information content (AvgIpc) is 3.17. The van der Waals surface area contributed by atoms with Crippen molar-refractivity contribution in [3.63, 3.8) is 0 Å². The van der Waals surface area contributed by atoms with Crippen LogP contribution >= 0.6 is 23.2 Å². The number of nitrogens with one attached hydrogen (secondary N) is 2. The molecule has 162 valence electrons. The molecule has 3 heterocycles. The summed E-state index contributed by atoms with van der Waals surface area (Å²) in [5.74, 6) is 1.000. The van der Waals surface area contributed by atoms with Gasteiger partial charge in [0.25, 0.3) is 0 Å². The number of nitrogens with zero attached hydrogens (tertiary/aromatic N) is 3. The minimum Gasteiger partial charge on any atom is -0.360 e. The molecule has 1 atom stereocenters. The van der Waals surface area contributed by atoms with Crippen molar-refractivity contribution < 1.29 is 13.2 Å². The SMILES string of the molecule is O=C(CNc1ncnc2cc(Cl)c(Cl)cc12)N1CC[C@@H](NC2CCS(=O)(=O)CC2)C1. The van der Waals surface area contributed by atoms with Crippen molar-refractivity contribution in [3.05, 3.63) is 28.5 Å². The highest BCUT2D eigenvalue weighted by molar-refractivity contribution is 7.91. The molecule has 4 rings (SSSR count). The summed E-state index contributed by atoms with van der Waals surface area (Å²) < 4.78 is 23.1. The minimum absolute atomic E-state index is 0.0163. The number of amides is 1. The van der Waals surface area contributed by atoms with Crippen LogP contribution in [0, 0.1) is 0 Å². The van der Waals surface area contributed by atoms with E-state index in [1.807, 2.05) is 4.90 Å². The fraction of sp³-hybridized carbons (Fsp3) is 0.526. The first-order valence-electron chi connectivity index (χ1n) is 9.88. The number of sulfone groups is 1. The van der Waals surface area contributed by atoms with Crippen molar-refractivity contribution in [2.75, 3.05) is 36.5 Å². The fourth-order valence-corrected chi connectivity index (χ4v) is 5.79. The molecule has 2 aliphatic rings. The number of hydrogen-bond acceptors (Lipinski definition) is 7. The number of rotatable bonds is 5. The Hall–Kier alpha value is -1.68. The molecule has 2 aliphatic heterocycles. The predicted octanol–water partition coefficient (Wildman–Crippen LogP) is 2.12. The molecule has 2 N–H and O–H groups in total. The molecule has 0 spiro atoms. The lowest BCUT2D eigenvalue weighted by atomic mass is 10.1. The Labute approximate surface area is 185 Å². The first kappa shape index (κ1) is 21.5. The van der Waals surface area contributed by atoms with Gasteiger partial charge in [0.2, 0.25) is 5.91 Å². The Balaban J connectivity index is 1.31. The van der Waals surface area contributed by atoms with Crippen LogP contribution in [-0.4, -0.2) is 72.4 Å². The van der Waals surface area contributed by atoms with Crippen LogP contribution in [-0.2, 0) is 14.6 Å². The van der Waals surface area contributed by atoms with Gasteiger partial charge in [0.1, 0.15) is 22.0 Å². The van der Waals surface area contributed by atoms with Gasteiger partial charge in [-0.15, -0.1) is 0 Å². The minimum atomic E-state index is -2.87. The first-order valence-corrected chi connectivity index (χ1v) is 12.5. The molecule has 0 aliphatic carbocycles. The van der Waals surface area contributed by atoms with Gasteiger partial charge in [0, 0.05) is 30.6 Å². The molecule has 1 amide bonds. The summed E-state index contributed by atoms with van der Waals surface area (Å²) in [7, 11) is -2.87. The highest BCUT2D eigenvalue weighted by Gasteiger charge is 2.30. The van der Waals surface area contributed by atoms with Crippen molar-refractivity contribution >= 4 is 55.7 Å². The number of halogens is 2. The van der Waals surface area contributed by atoms with Crippen LogP contribution < -0.4 is 10.6 Å². The third-order valence-corrected chi connectivity index (χ3v) is 8.09. The Kier molecular flexibility index (Phi) is 6.34. The summed E-state index contributed by atoms with van der Waals surface area (Å²) in [5, 5.41) is 8.12. The maximum absolute atomic E-state index is 12.7. The molecule has 2 fully saturated rings. The van der Waals surface area contributed by atoms with E-state index in [2.05, 4.69) is 20.6 Å². The number of anilines is 1. The van der Waals surface area contributed by atoms with E-state index in [9.17, 15) is 13.2 Å². The highest BCUT2D eigenvalue weighted by Crippen LogP contribution is 2.29. The Morgan fingerprint density at radius 2 is 1.83 bits per heavy atom. The molecule has 0 saturated carbocycles. The molecule has 1 aromatic heterocycles. The standard InChI is InChI=1S/C19H23Cl2N5O3S/c20-15-7-14-17(8-16(15)21)23-11-24-19(14)22-9-18(27)26-4-1-13(10-26)25-12-2-5-30(28,29)6-3-12/h7-8,11-13,25H,1-6,9-10H2,(H,22,23,24)/t13-/m1/s1. The van der Waals surface area contributed by atoms with Gasteiger partial charge in [-0.1, -0.05) is 23.2 Å². The van der Waals surface area contributed by atoms with Crippen LogP contribution in [0.2, 0.25) is 10.0 Å². The Morgan fingerprint density at radius 1 is 1.10 bits per heavy atom. The largest absolute Gasteiger partial charge is 0.360 e. The van der Waals surface area contributed by atoms with E-state index >= 15 is 0 Å². The molecule has 2 saturated heterocycles. The normalized spacial score (nSPS) is 21.8. The summed E-state index contributed by atoms with van der Waals surface area (Å²) in [4.78, 5) is 22.9. The molecule has 30 heavy (non-hydrogen) atoms. The highest BCUT2D eigenvalue weighted by atomic mass is 35.5. The van der Waals surface area contributed by atoms with Gasteiger partial charge in [0.15, 0.2) is 0 Å². The van der Waals surface area contributed by atoms with Crippen molar-refractivity contribution in [2.45, 2.75) is 31.3 Å². The van der Waals surface area contributed by atoms with Gasteiger partial charge in [0.05, 0.1) is 33.6 Å². The van der Waals surface area contributed by atoms with Crippen LogP contribution in [0.15, 0.2) is 18.5 Å². The Bertz CT molecular complexity index is 1050. The van der Waals surface area contributed by atoms with Crippen molar-refractivity contribution in [1.82, 2.24) is 20.2 Å². The lowest BCUT2D eigenvalue weighted by Crippen LogP contribution is -2.45. The second kappa shape index (κ2) is 8.82. The van der Waals surface area contributed by atoms with E-state index in [-0.39, 0.29) is 36.0 Å². The van der Waals surface area contributed by atoms with E-state index in [1.165, 1.54) is 6.33 Å². The summed E-state index contributed by atoms with van der Waals surface area (Å²) in [5.41, 5.74) is 0.647. The number of fused-ring (bicyclic) bond motifs is 1. The maximum Gasteiger partial charge on any atom is 0.241 e. The zero-order valence-corrected chi connectivity index (χ0v) is 18.6. The van der Waals surface area contributed by atoms with E-state index in [1.54, 1.807) is 12.1 Å². The van der Waals surface area contributed by atoms with Crippen molar-refractivity contribution in [3.8, 4) is 0 Å². The summed E-state index contributed by atoms with van der Waals surface area (Å²) >= 11 is 12.1. The molecule has 0 bridgehead atoms. The van der Waals surface area contributed by atoms with Gasteiger partial charge in [-0.25, -0.2) is 18.4 Å². The molecule has 8 nitrogen and oxygen atoms in total. The summed E-state index contributed by atoms with van der Waals surface area (Å²) in [6.07, 6.45) is 3.56. The van der Waals surface area contributed by atoms with Crippen molar-refractivity contribution in [2.24, 2.45) is 0 Å². The monoisotopic (exact) mass is 471 g/mol. The molecular weight excluding hydrogens is 449 g/mol. The van der Waals surface area contributed by atoms with E-state index in [0.29, 0.717) is 52.7 Å². The molecular formula is C19H23Cl2N5O3S. The fourth-order valence-electron chi connectivity index (χ4n) is 3.98. The zero-order valence-electron chi connectivity index (χ0n) is 16.3. The van der Waals surface area contributed by atoms with Gasteiger partial charge in [-0.2, -0.15) is 0 Å². The van der Waals surface area contributed by atoms with Crippen LogP contribution in [0.4, 0.5) is 5.82 Å². The van der Waals surface area contributed by atoms with E-state index in [4.69, 9.17) is 23.2 Å². The van der Waals surface area contributed by atoms with Gasteiger partial charge in [-0.05, 0) is 31.4 Å². The topological polar surface area (TPSA) is 104 Å². The predicted molar refractivity (Wildman–Crippen MR) is 118 cm³/mol.